The lowest BCUT2D eigenvalue weighted by atomic mass is 9.80. The molecule has 0 aromatic heterocycles. The second-order valence-corrected chi connectivity index (χ2v) is 4.58. The molecule has 1 aromatic carbocycles. The van der Waals surface area contributed by atoms with Gasteiger partial charge in [-0.25, -0.2) is 0 Å². The molecule has 0 radical (unpaired) electrons. The zero-order valence-electron chi connectivity index (χ0n) is 10.6. The third-order valence-electron chi connectivity index (χ3n) is 3.49. The molecule has 1 aliphatic rings. The van der Waals surface area contributed by atoms with Gasteiger partial charge in [0, 0.05) is 0 Å². The van der Waals surface area contributed by atoms with Crippen LogP contribution in [-0.2, 0) is 15.1 Å². The fourth-order valence-corrected chi connectivity index (χ4v) is 2.54. The maximum absolute atomic E-state index is 11.6. The molecule has 0 aliphatic carbocycles. The second-order valence-electron chi connectivity index (χ2n) is 4.58. The molecule has 4 heteroatoms. The summed E-state index contributed by atoms with van der Waals surface area (Å²) in [5, 5.41) is 3.51. The molecule has 0 bridgehead atoms. The van der Waals surface area contributed by atoms with E-state index in [4.69, 9.17) is 4.74 Å². The van der Waals surface area contributed by atoms with Crippen LogP contribution in [0.5, 0.6) is 0 Å². The van der Waals surface area contributed by atoms with E-state index in [9.17, 15) is 4.79 Å². The average Bonchev–Trinajstić information content (AvgIpc) is 2.40. The quantitative estimate of drug-likeness (QED) is 0.858. The molecule has 1 saturated heterocycles. The van der Waals surface area contributed by atoms with Gasteiger partial charge in [0.05, 0.1) is 19.1 Å². The smallest absolute Gasteiger partial charge is 0.307 e. The molecule has 1 heterocycles. The predicted octanol–water partition coefficient (Wildman–Crippen LogP) is 2.64. The number of halogens is 1. The van der Waals surface area contributed by atoms with Gasteiger partial charge in [-0.3, -0.25) is 4.79 Å². The molecule has 1 fully saturated rings. The molecule has 1 aliphatic heterocycles. The molecule has 1 atom stereocenters. The highest BCUT2D eigenvalue weighted by atomic mass is 35.5. The summed E-state index contributed by atoms with van der Waals surface area (Å²) in [5.74, 6) is -0.150. The van der Waals surface area contributed by atoms with Crippen molar-refractivity contribution in [2.75, 3.05) is 13.7 Å². The minimum absolute atomic E-state index is 0. The van der Waals surface area contributed by atoms with Gasteiger partial charge in [0.25, 0.3) is 0 Å². The fraction of sp³-hybridized carbons (Fsp3) is 0.500. The molecule has 18 heavy (non-hydrogen) atoms. The Balaban J connectivity index is 0.00000162. The predicted molar refractivity (Wildman–Crippen MR) is 73.9 cm³/mol. The summed E-state index contributed by atoms with van der Waals surface area (Å²) in [5.41, 5.74) is 0.956. The number of hydrogen-bond acceptors (Lipinski definition) is 3. The Morgan fingerprint density at radius 3 is 2.61 bits per heavy atom. The van der Waals surface area contributed by atoms with Crippen molar-refractivity contribution in [2.45, 2.75) is 31.2 Å². The van der Waals surface area contributed by atoms with Crippen molar-refractivity contribution in [1.29, 1.82) is 0 Å². The van der Waals surface area contributed by atoms with Gasteiger partial charge >= 0.3 is 5.97 Å². The lowest BCUT2D eigenvalue weighted by Crippen LogP contribution is -2.47. The molecule has 3 nitrogen and oxygen atoms in total. The number of rotatable bonds is 3. The number of carbonyl (C=O) groups excluding carboxylic acids is 1. The van der Waals surface area contributed by atoms with Gasteiger partial charge in [0.2, 0.25) is 0 Å². The number of piperidine rings is 1. The number of carbonyl (C=O) groups is 1. The highest BCUT2D eigenvalue weighted by Crippen LogP contribution is 2.33. The number of ether oxygens (including phenoxy) is 1. The van der Waals surface area contributed by atoms with Crippen molar-refractivity contribution >= 4 is 18.4 Å². The third-order valence-corrected chi connectivity index (χ3v) is 3.49. The van der Waals surface area contributed by atoms with Gasteiger partial charge < -0.3 is 10.1 Å². The summed E-state index contributed by atoms with van der Waals surface area (Å²) in [6.07, 6.45) is 3.73. The van der Waals surface area contributed by atoms with Crippen molar-refractivity contribution < 1.29 is 9.53 Å². The van der Waals surface area contributed by atoms with E-state index in [-0.39, 0.29) is 23.9 Å². The maximum atomic E-state index is 11.6. The Kier molecular flexibility index (Phi) is 5.63. The molecule has 1 N–H and O–H groups in total. The van der Waals surface area contributed by atoms with E-state index >= 15 is 0 Å². The summed E-state index contributed by atoms with van der Waals surface area (Å²) < 4.78 is 4.82. The first-order valence-corrected chi connectivity index (χ1v) is 6.14. The van der Waals surface area contributed by atoms with E-state index in [0.717, 1.165) is 19.4 Å². The summed E-state index contributed by atoms with van der Waals surface area (Å²) in [7, 11) is 1.45. The van der Waals surface area contributed by atoms with Gasteiger partial charge in [-0.1, -0.05) is 30.3 Å². The van der Waals surface area contributed by atoms with E-state index in [2.05, 4.69) is 17.4 Å². The van der Waals surface area contributed by atoms with Gasteiger partial charge in [0.1, 0.15) is 0 Å². The Morgan fingerprint density at radius 2 is 2.06 bits per heavy atom. The molecule has 1 aromatic rings. The second kappa shape index (κ2) is 6.76. The van der Waals surface area contributed by atoms with Crippen molar-refractivity contribution in [1.82, 2.24) is 5.32 Å². The molecule has 0 unspecified atom stereocenters. The maximum Gasteiger partial charge on any atom is 0.307 e. The van der Waals surface area contributed by atoms with Gasteiger partial charge in [-0.05, 0) is 31.4 Å². The summed E-state index contributed by atoms with van der Waals surface area (Å²) in [6.45, 7) is 0.964. The van der Waals surface area contributed by atoms with Crippen LogP contribution < -0.4 is 5.32 Å². The number of benzene rings is 1. The third kappa shape index (κ3) is 3.24. The first-order chi connectivity index (χ1) is 8.27. The SMILES string of the molecule is COC(=O)C[C@@]1(c2ccccc2)CCCCN1.Cl. The zero-order valence-corrected chi connectivity index (χ0v) is 11.5. The Morgan fingerprint density at radius 1 is 1.33 bits per heavy atom. The molecule has 100 valence electrons. The number of esters is 1. The summed E-state index contributed by atoms with van der Waals surface area (Å²) in [6, 6.07) is 10.2. The number of methoxy groups -OCH3 is 1. The van der Waals surface area contributed by atoms with Crippen LogP contribution in [0, 0.1) is 0 Å². The van der Waals surface area contributed by atoms with Crippen LogP contribution >= 0.6 is 12.4 Å². The minimum Gasteiger partial charge on any atom is -0.469 e. The monoisotopic (exact) mass is 269 g/mol. The highest BCUT2D eigenvalue weighted by molar-refractivity contribution is 5.85. The van der Waals surface area contributed by atoms with E-state index in [1.54, 1.807) is 0 Å². The van der Waals surface area contributed by atoms with Gasteiger partial charge in [0.15, 0.2) is 0 Å². The van der Waals surface area contributed by atoms with Crippen LogP contribution in [0.1, 0.15) is 31.2 Å². The summed E-state index contributed by atoms with van der Waals surface area (Å²) >= 11 is 0. The molecule has 2 rings (SSSR count). The molecule has 0 amide bonds. The van der Waals surface area contributed by atoms with E-state index in [0.29, 0.717) is 6.42 Å². The lowest BCUT2D eigenvalue weighted by Gasteiger charge is -2.38. The van der Waals surface area contributed by atoms with E-state index in [1.807, 2.05) is 18.2 Å². The molecule has 0 spiro atoms. The van der Waals surface area contributed by atoms with Crippen LogP contribution in [0.4, 0.5) is 0 Å². The Labute approximate surface area is 114 Å². The Hall–Kier alpha value is -1.06. The van der Waals surface area contributed by atoms with Crippen molar-refractivity contribution in [3.8, 4) is 0 Å². The largest absolute Gasteiger partial charge is 0.469 e. The van der Waals surface area contributed by atoms with Gasteiger partial charge in [-0.15, -0.1) is 12.4 Å². The number of nitrogens with one attached hydrogen (secondary N) is 1. The van der Waals surface area contributed by atoms with Crippen LogP contribution in [0.25, 0.3) is 0 Å². The normalized spacial score (nSPS) is 22.9. The fourth-order valence-electron chi connectivity index (χ4n) is 2.54. The lowest BCUT2D eigenvalue weighted by molar-refractivity contribution is -0.142. The molecule has 0 saturated carbocycles. The van der Waals surface area contributed by atoms with Crippen molar-refractivity contribution in [3.05, 3.63) is 35.9 Å². The first-order valence-electron chi connectivity index (χ1n) is 6.14. The van der Waals surface area contributed by atoms with Crippen LogP contribution in [-0.4, -0.2) is 19.6 Å². The zero-order chi connectivity index (χ0) is 12.1. The molecular formula is C14H20ClNO2. The summed E-state index contributed by atoms with van der Waals surface area (Å²) in [4.78, 5) is 11.6. The van der Waals surface area contributed by atoms with Gasteiger partial charge in [-0.2, -0.15) is 0 Å². The number of hydrogen-bond donors (Lipinski definition) is 1. The van der Waals surface area contributed by atoms with E-state index < -0.39 is 0 Å². The topological polar surface area (TPSA) is 38.3 Å². The van der Waals surface area contributed by atoms with Crippen molar-refractivity contribution in [3.63, 3.8) is 0 Å². The van der Waals surface area contributed by atoms with Crippen molar-refractivity contribution in [2.24, 2.45) is 0 Å². The first kappa shape index (κ1) is 15.0. The Bertz CT molecular complexity index is 375. The standard InChI is InChI=1S/C14H19NO2.ClH/c1-17-13(16)11-14(9-5-6-10-15-14)12-7-3-2-4-8-12;/h2-4,7-8,15H,5-6,9-11H2,1H3;1H/t14-;/m1./s1. The minimum atomic E-state index is -0.230. The molecular weight excluding hydrogens is 250 g/mol. The average molecular weight is 270 g/mol. The van der Waals surface area contributed by atoms with E-state index in [1.165, 1.54) is 19.1 Å². The highest BCUT2D eigenvalue weighted by Gasteiger charge is 2.35. The van der Waals surface area contributed by atoms with Crippen LogP contribution in [0.15, 0.2) is 30.3 Å². The van der Waals surface area contributed by atoms with Crippen LogP contribution in [0.3, 0.4) is 0 Å². The van der Waals surface area contributed by atoms with Crippen LogP contribution in [0.2, 0.25) is 0 Å².